The zero-order chi connectivity index (χ0) is 12.3. The summed E-state index contributed by atoms with van der Waals surface area (Å²) in [6, 6.07) is 0.272. The van der Waals surface area contributed by atoms with E-state index in [1.54, 1.807) is 0 Å². The molecule has 1 aliphatic rings. The fraction of sp³-hybridized carbons (Fsp3) is 0.917. The molecule has 2 unspecified atom stereocenters. The Morgan fingerprint density at radius 3 is 2.62 bits per heavy atom. The molecule has 1 saturated heterocycles. The second kappa shape index (κ2) is 5.15. The molecule has 0 aromatic heterocycles. The van der Waals surface area contributed by atoms with Crippen LogP contribution in [0.5, 0.6) is 0 Å². The minimum absolute atomic E-state index is 0.198. The van der Waals surface area contributed by atoms with E-state index < -0.39 is 5.97 Å². The lowest BCUT2D eigenvalue weighted by Crippen LogP contribution is -2.47. The molecule has 0 spiro atoms. The first-order valence-electron chi connectivity index (χ1n) is 5.94. The van der Waals surface area contributed by atoms with E-state index in [1.165, 1.54) is 0 Å². The topological polar surface area (TPSA) is 52.6 Å². The summed E-state index contributed by atoms with van der Waals surface area (Å²) in [5.41, 5.74) is -0.198. The van der Waals surface area contributed by atoms with Crippen molar-refractivity contribution in [2.24, 2.45) is 11.3 Å². The van der Waals surface area contributed by atoms with Crippen LogP contribution in [-0.2, 0) is 4.79 Å². The molecule has 16 heavy (non-hydrogen) atoms. The molecule has 0 saturated carbocycles. The monoisotopic (exact) mass is 228 g/mol. The fourth-order valence-electron chi connectivity index (χ4n) is 3.01. The van der Waals surface area contributed by atoms with Crippen molar-refractivity contribution in [1.29, 1.82) is 0 Å². The average Bonchev–Trinajstić information content (AvgIpc) is 2.49. The van der Waals surface area contributed by atoms with E-state index >= 15 is 0 Å². The summed E-state index contributed by atoms with van der Waals surface area (Å²) in [7, 11) is 4.06. The number of nitrogens with zero attached hydrogens (tertiary/aromatic N) is 1. The predicted molar refractivity (Wildman–Crippen MR) is 64.5 cm³/mol. The van der Waals surface area contributed by atoms with Crippen molar-refractivity contribution in [2.45, 2.75) is 32.7 Å². The lowest BCUT2D eigenvalue weighted by atomic mass is 9.74. The van der Waals surface area contributed by atoms with Gasteiger partial charge in [0.2, 0.25) is 0 Å². The number of hydrogen-bond acceptors (Lipinski definition) is 3. The van der Waals surface area contributed by atoms with Crippen LogP contribution in [0, 0.1) is 11.3 Å². The summed E-state index contributed by atoms with van der Waals surface area (Å²) in [5.74, 6) is -0.152. The smallest absolute Gasteiger partial charge is 0.303 e. The third kappa shape index (κ3) is 3.19. The molecule has 2 atom stereocenters. The predicted octanol–water partition coefficient (Wildman–Crippen LogP) is 1.03. The molecule has 2 N–H and O–H groups in total. The number of carbonyl (C=O) groups is 1. The zero-order valence-corrected chi connectivity index (χ0v) is 10.8. The zero-order valence-electron chi connectivity index (χ0n) is 10.8. The summed E-state index contributed by atoms with van der Waals surface area (Å²) >= 11 is 0. The number of aliphatic carboxylic acids is 1. The van der Waals surface area contributed by atoms with Gasteiger partial charge in [-0.2, -0.15) is 0 Å². The third-order valence-corrected chi connectivity index (χ3v) is 3.66. The number of nitrogens with one attached hydrogen (secondary N) is 1. The van der Waals surface area contributed by atoms with Gasteiger partial charge >= 0.3 is 5.97 Å². The number of hydrogen-bond donors (Lipinski definition) is 2. The maximum atomic E-state index is 10.9. The second-order valence-electron chi connectivity index (χ2n) is 5.64. The Morgan fingerprint density at radius 1 is 1.62 bits per heavy atom. The quantitative estimate of drug-likeness (QED) is 0.738. The van der Waals surface area contributed by atoms with E-state index in [0.717, 1.165) is 19.5 Å². The van der Waals surface area contributed by atoms with Gasteiger partial charge in [0, 0.05) is 12.6 Å². The van der Waals surface area contributed by atoms with Gasteiger partial charge in [-0.25, -0.2) is 0 Å². The molecule has 4 heteroatoms. The SMILES string of the molecule is CNC(C1CCN(C)C1)C(C)(C)CC(=O)O. The molecule has 1 fully saturated rings. The Morgan fingerprint density at radius 2 is 2.25 bits per heavy atom. The molecule has 1 aliphatic heterocycles. The largest absolute Gasteiger partial charge is 0.481 e. The molecule has 0 aromatic rings. The van der Waals surface area contributed by atoms with Crippen LogP contribution in [0.2, 0.25) is 0 Å². The van der Waals surface area contributed by atoms with Gasteiger partial charge in [-0.3, -0.25) is 4.79 Å². The van der Waals surface area contributed by atoms with Crippen LogP contribution in [0.1, 0.15) is 26.7 Å². The number of carboxylic acids is 1. The normalized spacial score (nSPS) is 24.6. The first-order valence-corrected chi connectivity index (χ1v) is 5.94. The van der Waals surface area contributed by atoms with Gasteiger partial charge in [0.25, 0.3) is 0 Å². The number of likely N-dealkylation sites (tertiary alicyclic amines) is 1. The number of carboxylic acid groups (broad SMARTS) is 1. The Bertz CT molecular complexity index is 253. The highest BCUT2D eigenvalue weighted by molar-refractivity contribution is 5.67. The molecule has 1 rings (SSSR count). The highest BCUT2D eigenvalue weighted by Crippen LogP contribution is 2.33. The summed E-state index contributed by atoms with van der Waals surface area (Å²) in [6.07, 6.45) is 1.38. The molecular formula is C12H24N2O2. The maximum Gasteiger partial charge on any atom is 0.303 e. The van der Waals surface area contributed by atoms with Gasteiger partial charge in [0.15, 0.2) is 0 Å². The van der Waals surface area contributed by atoms with Crippen molar-refractivity contribution >= 4 is 5.97 Å². The first-order chi connectivity index (χ1) is 7.36. The lowest BCUT2D eigenvalue weighted by molar-refractivity contribution is -0.139. The van der Waals surface area contributed by atoms with Gasteiger partial charge in [-0.1, -0.05) is 13.8 Å². The minimum atomic E-state index is -0.711. The molecular weight excluding hydrogens is 204 g/mol. The Hall–Kier alpha value is -0.610. The lowest BCUT2D eigenvalue weighted by Gasteiger charge is -2.37. The van der Waals surface area contributed by atoms with Crippen molar-refractivity contribution in [2.75, 3.05) is 27.2 Å². The van der Waals surface area contributed by atoms with Gasteiger partial charge < -0.3 is 15.3 Å². The van der Waals surface area contributed by atoms with Crippen molar-refractivity contribution in [3.8, 4) is 0 Å². The standard InChI is InChI=1S/C12H24N2O2/c1-12(2,7-10(15)16)11(13-3)9-5-6-14(4)8-9/h9,11,13H,5-8H2,1-4H3,(H,15,16). The van der Waals surface area contributed by atoms with Gasteiger partial charge in [0.1, 0.15) is 0 Å². The van der Waals surface area contributed by atoms with Crippen LogP contribution in [0.4, 0.5) is 0 Å². The molecule has 94 valence electrons. The van der Waals surface area contributed by atoms with Gasteiger partial charge in [-0.15, -0.1) is 0 Å². The van der Waals surface area contributed by atoms with E-state index in [4.69, 9.17) is 5.11 Å². The Kier molecular flexibility index (Phi) is 4.33. The van der Waals surface area contributed by atoms with Crippen LogP contribution in [0.3, 0.4) is 0 Å². The van der Waals surface area contributed by atoms with Crippen LogP contribution in [0.25, 0.3) is 0 Å². The van der Waals surface area contributed by atoms with Crippen molar-refractivity contribution in [1.82, 2.24) is 10.2 Å². The summed E-state index contributed by atoms with van der Waals surface area (Å²) in [4.78, 5) is 13.2. The molecule has 0 amide bonds. The Labute approximate surface area is 98.0 Å². The highest BCUT2D eigenvalue weighted by atomic mass is 16.4. The minimum Gasteiger partial charge on any atom is -0.481 e. The molecule has 0 bridgehead atoms. The average molecular weight is 228 g/mol. The number of rotatable bonds is 5. The molecule has 0 aliphatic carbocycles. The van der Waals surface area contributed by atoms with Crippen LogP contribution in [-0.4, -0.2) is 49.2 Å². The van der Waals surface area contributed by atoms with E-state index in [2.05, 4.69) is 17.3 Å². The first kappa shape index (κ1) is 13.5. The summed E-state index contributed by atoms with van der Waals surface area (Å²) in [5, 5.41) is 12.3. The molecule has 0 radical (unpaired) electrons. The van der Waals surface area contributed by atoms with Crippen molar-refractivity contribution in [3.05, 3.63) is 0 Å². The van der Waals surface area contributed by atoms with E-state index in [9.17, 15) is 4.79 Å². The highest BCUT2D eigenvalue weighted by Gasteiger charge is 2.38. The van der Waals surface area contributed by atoms with Crippen molar-refractivity contribution in [3.63, 3.8) is 0 Å². The van der Waals surface area contributed by atoms with Gasteiger partial charge in [0.05, 0.1) is 6.42 Å². The van der Waals surface area contributed by atoms with Crippen LogP contribution >= 0.6 is 0 Å². The second-order valence-corrected chi connectivity index (χ2v) is 5.64. The van der Waals surface area contributed by atoms with E-state index in [0.29, 0.717) is 5.92 Å². The van der Waals surface area contributed by atoms with E-state index in [1.807, 2.05) is 20.9 Å². The van der Waals surface area contributed by atoms with Crippen molar-refractivity contribution < 1.29 is 9.90 Å². The maximum absolute atomic E-state index is 10.9. The Balaban J connectivity index is 2.68. The summed E-state index contributed by atoms with van der Waals surface area (Å²) in [6.45, 7) is 6.27. The summed E-state index contributed by atoms with van der Waals surface area (Å²) < 4.78 is 0. The third-order valence-electron chi connectivity index (χ3n) is 3.66. The van der Waals surface area contributed by atoms with Gasteiger partial charge in [-0.05, 0) is 38.4 Å². The van der Waals surface area contributed by atoms with Crippen LogP contribution in [0.15, 0.2) is 0 Å². The fourth-order valence-corrected chi connectivity index (χ4v) is 3.01. The molecule has 0 aromatic carbocycles. The van der Waals surface area contributed by atoms with E-state index in [-0.39, 0.29) is 17.9 Å². The van der Waals surface area contributed by atoms with Crippen LogP contribution < -0.4 is 5.32 Å². The molecule has 4 nitrogen and oxygen atoms in total. The molecule has 1 heterocycles.